The van der Waals surface area contributed by atoms with Crippen molar-refractivity contribution in [2.75, 3.05) is 44.9 Å². The highest BCUT2D eigenvalue weighted by molar-refractivity contribution is 7.92. The summed E-state index contributed by atoms with van der Waals surface area (Å²) in [5.41, 5.74) is 1.23. The molecule has 0 bridgehead atoms. The summed E-state index contributed by atoms with van der Waals surface area (Å²) in [5.74, 6) is 0.322. The van der Waals surface area contributed by atoms with Gasteiger partial charge in [0.1, 0.15) is 12.3 Å². The summed E-state index contributed by atoms with van der Waals surface area (Å²) in [6.07, 6.45) is 2.34. The molecule has 11 heteroatoms. The van der Waals surface area contributed by atoms with Crippen LogP contribution < -0.4 is 14.4 Å². The van der Waals surface area contributed by atoms with Gasteiger partial charge in [-0.05, 0) is 48.7 Å². The fraction of sp³-hybridized carbons (Fsp3) is 0.381. The van der Waals surface area contributed by atoms with Crippen molar-refractivity contribution in [3.05, 3.63) is 54.1 Å². The number of nitrogens with zero attached hydrogens (tertiary/aromatic N) is 2. The van der Waals surface area contributed by atoms with Crippen molar-refractivity contribution in [3.63, 3.8) is 0 Å². The molecule has 176 valence electrons. The molecule has 0 saturated heterocycles. The number of carbonyl (C=O) groups excluding carboxylic acids is 1. The quantitative estimate of drug-likeness (QED) is 0.484. The van der Waals surface area contributed by atoms with Crippen LogP contribution >= 0.6 is 0 Å². The lowest BCUT2D eigenvalue weighted by Gasteiger charge is -2.22. The minimum Gasteiger partial charge on any atom is -0.496 e. The van der Waals surface area contributed by atoms with Crippen molar-refractivity contribution >= 4 is 31.6 Å². The predicted molar refractivity (Wildman–Crippen MR) is 124 cm³/mol. The number of hydrogen-bond donors (Lipinski definition) is 1. The number of rotatable bonds is 11. The van der Waals surface area contributed by atoms with E-state index in [1.54, 1.807) is 7.11 Å². The number of methoxy groups -OCH3 is 1. The molecule has 9 nitrogen and oxygen atoms in total. The molecule has 2 rings (SSSR count). The number of ether oxygens (including phenoxy) is 1. The van der Waals surface area contributed by atoms with E-state index >= 15 is 0 Å². The highest BCUT2D eigenvalue weighted by atomic mass is 32.2. The van der Waals surface area contributed by atoms with Gasteiger partial charge in [-0.15, -0.1) is 0 Å². The minimum atomic E-state index is -3.76. The fourth-order valence-electron chi connectivity index (χ4n) is 3.00. The molecule has 0 aliphatic rings. The molecule has 0 fully saturated rings. The van der Waals surface area contributed by atoms with Gasteiger partial charge in [0.2, 0.25) is 26.0 Å². The van der Waals surface area contributed by atoms with Gasteiger partial charge in [-0.25, -0.2) is 21.1 Å². The number of carbonyl (C=O) groups is 1. The number of nitrogens with one attached hydrogen (secondary N) is 1. The summed E-state index contributed by atoms with van der Waals surface area (Å²) in [4.78, 5) is 12.4. The Morgan fingerprint density at radius 1 is 1.00 bits per heavy atom. The molecule has 32 heavy (non-hydrogen) atoms. The Morgan fingerprint density at radius 3 is 2.19 bits per heavy atom. The molecule has 0 radical (unpaired) electrons. The zero-order valence-electron chi connectivity index (χ0n) is 18.6. The van der Waals surface area contributed by atoms with Crippen LogP contribution in [-0.4, -0.2) is 67.6 Å². The molecule has 0 spiro atoms. The van der Waals surface area contributed by atoms with E-state index in [0.717, 1.165) is 26.2 Å². The van der Waals surface area contributed by atoms with Crippen LogP contribution in [0.5, 0.6) is 5.75 Å². The number of amides is 1. The average Bonchev–Trinajstić information content (AvgIpc) is 2.74. The monoisotopic (exact) mass is 483 g/mol. The maximum Gasteiger partial charge on any atom is 0.242 e. The van der Waals surface area contributed by atoms with Gasteiger partial charge in [-0.2, -0.15) is 0 Å². The van der Waals surface area contributed by atoms with E-state index in [1.807, 2.05) is 24.3 Å². The molecule has 1 N–H and O–H groups in total. The molecule has 0 saturated carbocycles. The third-order valence-electron chi connectivity index (χ3n) is 4.73. The van der Waals surface area contributed by atoms with Crippen LogP contribution in [0.25, 0.3) is 0 Å². The molecular weight excluding hydrogens is 454 g/mol. The lowest BCUT2D eigenvalue weighted by molar-refractivity contribution is -0.119. The highest BCUT2D eigenvalue weighted by Crippen LogP contribution is 2.22. The summed E-state index contributed by atoms with van der Waals surface area (Å²) < 4.78 is 56.2. The van der Waals surface area contributed by atoms with Crippen molar-refractivity contribution < 1.29 is 26.4 Å². The van der Waals surface area contributed by atoms with Crippen molar-refractivity contribution in [3.8, 4) is 5.75 Å². The Balaban J connectivity index is 2.01. The molecule has 0 atom stereocenters. The summed E-state index contributed by atoms with van der Waals surface area (Å²) >= 11 is 0. The van der Waals surface area contributed by atoms with E-state index in [4.69, 9.17) is 4.74 Å². The minimum absolute atomic E-state index is 0.0282. The molecule has 2 aromatic carbocycles. The van der Waals surface area contributed by atoms with Gasteiger partial charge >= 0.3 is 0 Å². The number of aryl methyl sites for hydroxylation is 1. The van der Waals surface area contributed by atoms with E-state index < -0.39 is 32.5 Å². The maximum absolute atomic E-state index is 12.4. The molecule has 0 aliphatic heterocycles. The predicted octanol–water partition coefficient (Wildman–Crippen LogP) is 1.46. The first kappa shape index (κ1) is 25.6. The zero-order valence-corrected chi connectivity index (χ0v) is 20.2. The second-order valence-corrected chi connectivity index (χ2v) is 11.4. The molecule has 2 aromatic rings. The van der Waals surface area contributed by atoms with Crippen molar-refractivity contribution in [1.82, 2.24) is 9.62 Å². The number of benzene rings is 2. The van der Waals surface area contributed by atoms with Crippen LogP contribution in [0.15, 0.2) is 53.4 Å². The third-order valence-corrected chi connectivity index (χ3v) is 7.70. The Bertz CT molecular complexity index is 1130. The smallest absolute Gasteiger partial charge is 0.242 e. The van der Waals surface area contributed by atoms with Crippen molar-refractivity contribution in [1.29, 1.82) is 0 Å². The number of hydrogen-bond acceptors (Lipinski definition) is 6. The number of para-hydroxylation sites is 1. The Labute approximate surface area is 190 Å². The topological polar surface area (TPSA) is 113 Å². The first-order valence-electron chi connectivity index (χ1n) is 9.85. The average molecular weight is 484 g/mol. The van der Waals surface area contributed by atoms with Crippen LogP contribution in [0.4, 0.5) is 5.69 Å². The normalized spacial score (nSPS) is 11.9. The molecular formula is C21H29N3O6S2. The van der Waals surface area contributed by atoms with Gasteiger partial charge in [0.15, 0.2) is 0 Å². The summed E-state index contributed by atoms with van der Waals surface area (Å²) in [5, 5.41) is 2.72. The fourth-order valence-corrected chi connectivity index (χ4v) is 4.76. The first-order chi connectivity index (χ1) is 15.0. The van der Waals surface area contributed by atoms with Gasteiger partial charge in [-0.1, -0.05) is 18.2 Å². The van der Waals surface area contributed by atoms with E-state index in [1.165, 1.54) is 38.4 Å². The van der Waals surface area contributed by atoms with E-state index in [2.05, 4.69) is 5.32 Å². The van der Waals surface area contributed by atoms with Crippen LogP contribution in [0.2, 0.25) is 0 Å². The molecule has 0 aliphatic carbocycles. The highest BCUT2D eigenvalue weighted by Gasteiger charge is 2.22. The standard InChI is InChI=1S/C21H29N3O6S2/c1-23(2)32(28,29)19-13-11-18(12-14-19)24(31(4,26)27)16-21(25)22-15-7-9-17-8-5-6-10-20(17)30-3/h5-6,8,10-14H,7,9,15-16H2,1-4H3,(H,22,25). The van der Waals surface area contributed by atoms with Gasteiger partial charge in [0, 0.05) is 20.6 Å². The second kappa shape index (κ2) is 10.8. The summed E-state index contributed by atoms with van der Waals surface area (Å²) in [7, 11) is -2.99. The zero-order chi connectivity index (χ0) is 23.9. The number of sulfonamides is 2. The van der Waals surface area contributed by atoms with Crippen LogP contribution in [0, 0.1) is 0 Å². The lowest BCUT2D eigenvalue weighted by atomic mass is 10.1. The molecule has 0 unspecified atom stereocenters. The van der Waals surface area contributed by atoms with Crippen molar-refractivity contribution in [2.45, 2.75) is 17.7 Å². The third kappa shape index (κ3) is 6.68. The first-order valence-corrected chi connectivity index (χ1v) is 13.1. The van der Waals surface area contributed by atoms with Crippen LogP contribution in [0.1, 0.15) is 12.0 Å². The van der Waals surface area contributed by atoms with E-state index in [0.29, 0.717) is 19.4 Å². The van der Waals surface area contributed by atoms with Gasteiger partial charge in [0.05, 0.1) is 23.9 Å². The Kier molecular flexibility index (Phi) is 8.65. The second-order valence-electron chi connectivity index (χ2n) is 7.32. The molecule has 0 aromatic heterocycles. The Morgan fingerprint density at radius 2 is 1.62 bits per heavy atom. The molecule has 1 amide bonds. The summed E-state index contributed by atoms with van der Waals surface area (Å²) in [6, 6.07) is 13.0. The lowest BCUT2D eigenvalue weighted by Crippen LogP contribution is -2.40. The maximum atomic E-state index is 12.4. The van der Waals surface area contributed by atoms with Crippen LogP contribution in [0.3, 0.4) is 0 Å². The van der Waals surface area contributed by atoms with E-state index in [9.17, 15) is 21.6 Å². The SMILES string of the molecule is COc1ccccc1CCCNC(=O)CN(c1ccc(S(=O)(=O)N(C)C)cc1)S(C)(=O)=O. The van der Waals surface area contributed by atoms with E-state index in [-0.39, 0.29) is 10.6 Å². The van der Waals surface area contributed by atoms with Crippen LogP contribution in [-0.2, 0) is 31.3 Å². The molecule has 0 heterocycles. The summed E-state index contributed by atoms with van der Waals surface area (Å²) in [6.45, 7) is -0.0399. The largest absolute Gasteiger partial charge is 0.496 e. The van der Waals surface area contributed by atoms with Crippen molar-refractivity contribution in [2.24, 2.45) is 0 Å². The van der Waals surface area contributed by atoms with Gasteiger partial charge in [0.25, 0.3) is 0 Å². The van der Waals surface area contributed by atoms with Gasteiger partial charge < -0.3 is 10.1 Å². The Hall–Kier alpha value is -2.63. The number of anilines is 1. The van der Waals surface area contributed by atoms with Gasteiger partial charge in [-0.3, -0.25) is 9.10 Å².